The molecule has 0 aromatic heterocycles. The van der Waals surface area contributed by atoms with Crippen LogP contribution in [0.3, 0.4) is 0 Å². The molecule has 9 heteroatoms. The Labute approximate surface area is 321 Å². The highest BCUT2D eigenvalue weighted by Crippen LogP contribution is 2.12. The second-order valence-electron chi connectivity index (χ2n) is 14.7. The second-order valence-corrected chi connectivity index (χ2v) is 14.7. The lowest BCUT2D eigenvalue weighted by atomic mass is 10.1. The molecule has 0 saturated heterocycles. The first-order valence-electron chi connectivity index (χ1n) is 22.2. The van der Waals surface area contributed by atoms with Crippen LogP contribution in [0.4, 0.5) is 4.79 Å². The van der Waals surface area contributed by atoms with Gasteiger partial charge in [0.1, 0.15) is 0 Å². The van der Waals surface area contributed by atoms with E-state index in [1.165, 1.54) is 77.0 Å². The summed E-state index contributed by atoms with van der Waals surface area (Å²) < 4.78 is 23.2. The van der Waals surface area contributed by atoms with Crippen molar-refractivity contribution in [3.63, 3.8) is 0 Å². The Hall–Kier alpha value is -1.42. The number of carbonyl (C=O) groups is 2. The lowest BCUT2D eigenvalue weighted by Gasteiger charge is -2.22. The van der Waals surface area contributed by atoms with Gasteiger partial charge in [0.25, 0.3) is 0 Å². The number of hydrogen-bond acceptors (Lipinski definition) is 8. The third-order valence-corrected chi connectivity index (χ3v) is 9.65. The van der Waals surface area contributed by atoms with E-state index in [0.29, 0.717) is 45.8 Å². The van der Waals surface area contributed by atoms with Crippen LogP contribution in [-0.4, -0.2) is 99.0 Å². The summed E-state index contributed by atoms with van der Waals surface area (Å²) >= 11 is 0. The van der Waals surface area contributed by atoms with E-state index in [2.05, 4.69) is 32.6 Å². The van der Waals surface area contributed by atoms with Gasteiger partial charge in [-0.2, -0.15) is 0 Å². The summed E-state index contributed by atoms with van der Waals surface area (Å²) in [6, 6.07) is 0. The number of rotatable bonds is 41. The summed E-state index contributed by atoms with van der Waals surface area (Å²) in [5, 5.41) is 9.57. The van der Waals surface area contributed by atoms with Crippen LogP contribution in [-0.2, 0) is 23.7 Å². The maximum absolute atomic E-state index is 12.8. The number of unbranched alkanes of at least 4 members (excludes halogenated alkanes) is 18. The van der Waals surface area contributed by atoms with E-state index in [1.54, 1.807) is 0 Å². The Morgan fingerprint density at radius 2 is 0.885 bits per heavy atom. The van der Waals surface area contributed by atoms with Gasteiger partial charge in [-0.05, 0) is 64.5 Å². The van der Waals surface area contributed by atoms with Gasteiger partial charge in [-0.15, -0.1) is 0 Å². The molecule has 0 fully saturated rings. The first-order valence-corrected chi connectivity index (χ1v) is 22.2. The Morgan fingerprint density at radius 1 is 0.481 bits per heavy atom. The van der Waals surface area contributed by atoms with Crippen LogP contribution in [0.25, 0.3) is 0 Å². The van der Waals surface area contributed by atoms with Gasteiger partial charge in [0.15, 0.2) is 6.29 Å². The third-order valence-electron chi connectivity index (χ3n) is 9.65. The molecule has 0 aromatic carbocycles. The largest absolute Gasteiger partial charge is 0.466 e. The number of ether oxygens (including phenoxy) is 4. The molecule has 0 aromatic rings. The van der Waals surface area contributed by atoms with Gasteiger partial charge in [-0.3, -0.25) is 4.79 Å². The summed E-state index contributed by atoms with van der Waals surface area (Å²) in [4.78, 5) is 29.5. The topological polar surface area (TPSA) is 97.8 Å². The molecule has 9 nitrogen and oxygen atoms in total. The zero-order valence-corrected chi connectivity index (χ0v) is 34.8. The molecule has 0 bridgehead atoms. The number of aliphatic hydroxyl groups is 1. The van der Waals surface area contributed by atoms with Crippen LogP contribution < -0.4 is 0 Å². The number of nitrogens with zero attached hydrogens (tertiary/aromatic N) is 2. The fourth-order valence-corrected chi connectivity index (χ4v) is 6.26. The molecule has 0 saturated carbocycles. The zero-order valence-electron chi connectivity index (χ0n) is 34.8. The minimum atomic E-state index is -0.340. The minimum absolute atomic E-state index is 0.140. The van der Waals surface area contributed by atoms with E-state index in [9.17, 15) is 14.7 Å². The molecule has 0 aliphatic heterocycles. The molecule has 0 heterocycles. The van der Waals surface area contributed by atoms with E-state index in [0.717, 1.165) is 103 Å². The number of hydrogen-bond donors (Lipinski definition) is 1. The quantitative estimate of drug-likeness (QED) is 0.0376. The Balaban J connectivity index is 4.22. The summed E-state index contributed by atoms with van der Waals surface area (Å²) in [7, 11) is 0. The van der Waals surface area contributed by atoms with Gasteiger partial charge in [-0.25, -0.2) is 4.79 Å². The van der Waals surface area contributed by atoms with Crippen molar-refractivity contribution in [1.82, 2.24) is 9.80 Å². The Bertz CT molecular complexity index is 743. The minimum Gasteiger partial charge on any atom is -0.466 e. The monoisotopic (exact) mass is 743 g/mol. The molecule has 0 aliphatic carbocycles. The summed E-state index contributed by atoms with van der Waals surface area (Å²) in [5.74, 6) is -0.190. The van der Waals surface area contributed by atoms with Gasteiger partial charge in [0.05, 0.1) is 26.2 Å². The molecule has 1 N–H and O–H groups in total. The van der Waals surface area contributed by atoms with Crippen LogP contribution >= 0.6 is 0 Å². The fraction of sp³-hybridized carbons (Fsp3) is 0.953. The molecule has 0 rings (SSSR count). The molecule has 0 aliphatic rings. The van der Waals surface area contributed by atoms with Crippen LogP contribution in [0.15, 0.2) is 0 Å². The Morgan fingerprint density at radius 3 is 1.44 bits per heavy atom. The summed E-state index contributed by atoms with van der Waals surface area (Å²) in [5.41, 5.74) is 0. The van der Waals surface area contributed by atoms with Crippen LogP contribution in [0, 0.1) is 0 Å². The van der Waals surface area contributed by atoms with Crippen molar-refractivity contribution in [2.24, 2.45) is 0 Å². The second kappa shape index (κ2) is 40.8. The molecule has 0 atom stereocenters. The van der Waals surface area contributed by atoms with E-state index in [-0.39, 0.29) is 25.0 Å². The first-order chi connectivity index (χ1) is 25.5. The van der Waals surface area contributed by atoms with E-state index in [4.69, 9.17) is 18.9 Å². The van der Waals surface area contributed by atoms with Gasteiger partial charge < -0.3 is 33.9 Å². The van der Waals surface area contributed by atoms with Crippen molar-refractivity contribution in [2.45, 2.75) is 201 Å². The maximum atomic E-state index is 12.8. The predicted octanol–water partition coefficient (Wildman–Crippen LogP) is 10.8. The number of carbonyl (C=O) groups excluding carboxylic acids is 2. The van der Waals surface area contributed by atoms with Crippen molar-refractivity contribution >= 4 is 12.1 Å². The van der Waals surface area contributed by atoms with Gasteiger partial charge in [0, 0.05) is 39.3 Å². The maximum Gasteiger partial charge on any atom is 0.409 e. The molecule has 0 spiro atoms. The van der Waals surface area contributed by atoms with Crippen LogP contribution in [0.1, 0.15) is 195 Å². The molecule has 310 valence electrons. The normalized spacial score (nSPS) is 11.5. The van der Waals surface area contributed by atoms with Crippen molar-refractivity contribution in [3.05, 3.63) is 0 Å². The highest BCUT2D eigenvalue weighted by Gasteiger charge is 2.15. The zero-order chi connectivity index (χ0) is 38.2. The van der Waals surface area contributed by atoms with Gasteiger partial charge in [0.2, 0.25) is 0 Å². The van der Waals surface area contributed by atoms with Gasteiger partial charge in [-0.1, -0.05) is 130 Å². The molecule has 1 amide bonds. The molecule has 0 unspecified atom stereocenters. The molecular weight excluding hydrogens is 656 g/mol. The standard InChI is InChI=1S/C43H86N2O7/c1-5-9-13-17-18-23-34-45(33-22-14-10-6-2)43(48)52-40-27-20-19-21-31-44(35-36-46)32-24-28-37-49-41(47)29-30-42(50-38-25-15-11-7-3)51-39-26-16-12-8-4/h42,46H,5-40H2,1-4H3. The SMILES string of the molecule is CCCCCCCCN(CCCCCC)C(=O)OCCCCCCN(CCO)CCCCOC(=O)CCC(OCCCCCC)OCCCCCC. The van der Waals surface area contributed by atoms with Gasteiger partial charge >= 0.3 is 12.1 Å². The lowest BCUT2D eigenvalue weighted by molar-refractivity contribution is -0.159. The highest BCUT2D eigenvalue weighted by atomic mass is 16.7. The third kappa shape index (κ3) is 34.4. The van der Waals surface area contributed by atoms with Crippen molar-refractivity contribution in [3.8, 4) is 0 Å². The summed E-state index contributed by atoms with van der Waals surface area (Å²) in [6.45, 7) is 15.3. The smallest absolute Gasteiger partial charge is 0.409 e. The number of aliphatic hydroxyl groups excluding tert-OH is 1. The van der Waals surface area contributed by atoms with Crippen molar-refractivity contribution < 1.29 is 33.6 Å². The van der Waals surface area contributed by atoms with Crippen molar-refractivity contribution in [1.29, 1.82) is 0 Å². The molecule has 52 heavy (non-hydrogen) atoms. The van der Waals surface area contributed by atoms with E-state index < -0.39 is 0 Å². The average Bonchev–Trinajstić information content (AvgIpc) is 3.14. The first kappa shape index (κ1) is 50.6. The number of esters is 1. The average molecular weight is 743 g/mol. The van der Waals surface area contributed by atoms with E-state index >= 15 is 0 Å². The fourth-order valence-electron chi connectivity index (χ4n) is 6.26. The predicted molar refractivity (Wildman–Crippen MR) is 216 cm³/mol. The molecular formula is C43H86N2O7. The van der Waals surface area contributed by atoms with Crippen molar-refractivity contribution in [2.75, 3.05) is 65.8 Å². The Kier molecular flexibility index (Phi) is 39.6. The van der Waals surface area contributed by atoms with Crippen LogP contribution in [0.2, 0.25) is 0 Å². The van der Waals surface area contributed by atoms with Crippen LogP contribution in [0.5, 0.6) is 0 Å². The summed E-state index contributed by atoms with van der Waals surface area (Å²) in [6.07, 6.45) is 27.3. The van der Waals surface area contributed by atoms with E-state index in [1.807, 2.05) is 4.90 Å². The molecule has 0 radical (unpaired) electrons. The highest BCUT2D eigenvalue weighted by molar-refractivity contribution is 5.69. The lowest BCUT2D eigenvalue weighted by Crippen LogP contribution is -2.33. The number of amides is 1.